The van der Waals surface area contributed by atoms with E-state index in [1.54, 1.807) is 6.92 Å². The van der Waals surface area contributed by atoms with Gasteiger partial charge in [0.2, 0.25) is 0 Å². The molecule has 0 bridgehead atoms. The Morgan fingerprint density at radius 1 is 1.02 bits per heavy atom. The van der Waals surface area contributed by atoms with Crippen LogP contribution in [0, 0.1) is 11.8 Å². The fourth-order valence-electron chi connectivity index (χ4n) is 5.51. The van der Waals surface area contributed by atoms with Gasteiger partial charge in [0.05, 0.1) is 42.7 Å². The SMILES string of the molecule is CC(C)/C=C/[C@@H](CC1CC(O)C[C@@](O)(C[C@@H](O)C(C)C)O1)OC1OC(C)C(O)C(N(CCCN)CCCN)C1O. The van der Waals surface area contributed by atoms with Crippen molar-refractivity contribution in [3.63, 3.8) is 0 Å². The highest BCUT2D eigenvalue weighted by Crippen LogP contribution is 2.35. The lowest BCUT2D eigenvalue weighted by Crippen LogP contribution is -2.64. The fourth-order valence-corrected chi connectivity index (χ4v) is 5.51. The van der Waals surface area contributed by atoms with Gasteiger partial charge in [-0.2, -0.15) is 0 Å². The van der Waals surface area contributed by atoms with Crippen LogP contribution in [0.2, 0.25) is 0 Å². The third-order valence-electron chi connectivity index (χ3n) is 7.82. The lowest BCUT2D eigenvalue weighted by molar-refractivity contribution is -0.304. The highest BCUT2D eigenvalue weighted by Gasteiger charge is 2.47. The van der Waals surface area contributed by atoms with E-state index in [1.165, 1.54) is 0 Å². The molecule has 7 unspecified atom stereocenters. The van der Waals surface area contributed by atoms with Crippen molar-refractivity contribution in [1.29, 1.82) is 0 Å². The largest absolute Gasteiger partial charge is 0.393 e. The Hall–Kier alpha value is -0.700. The standard InChI is InChI=1S/C29H57N3O8/c1-18(2)8-9-22(15-23-14-21(33)16-29(37,40-23)17-24(34)19(3)4)39-28-27(36)25(26(35)20(5)38-28)32(12-6-10-30)13-7-11-31/h8-9,18-28,33-37H,6-7,10-17,30-31H2,1-5H3/b9-8+/t20?,21?,22-,23?,24+,25?,26?,27?,28?,29-/m0/s1. The van der Waals surface area contributed by atoms with Gasteiger partial charge in [-0.15, -0.1) is 0 Å². The summed E-state index contributed by atoms with van der Waals surface area (Å²) in [6.45, 7) is 11.7. The van der Waals surface area contributed by atoms with Gasteiger partial charge in [-0.3, -0.25) is 4.90 Å². The molecular formula is C29H57N3O8. The molecule has 236 valence electrons. The molecule has 0 aliphatic carbocycles. The minimum Gasteiger partial charge on any atom is -0.393 e. The third kappa shape index (κ3) is 10.9. The van der Waals surface area contributed by atoms with Crippen LogP contribution in [-0.2, 0) is 14.2 Å². The summed E-state index contributed by atoms with van der Waals surface area (Å²) in [6.07, 6.45) is -0.522. The fraction of sp³-hybridized carbons (Fsp3) is 0.931. The second kappa shape index (κ2) is 16.8. The van der Waals surface area contributed by atoms with Gasteiger partial charge in [0.25, 0.3) is 0 Å². The average molecular weight is 576 g/mol. The third-order valence-corrected chi connectivity index (χ3v) is 7.82. The first-order valence-electron chi connectivity index (χ1n) is 15.1. The highest BCUT2D eigenvalue weighted by atomic mass is 16.7. The summed E-state index contributed by atoms with van der Waals surface area (Å²) in [5.41, 5.74) is 11.5. The summed E-state index contributed by atoms with van der Waals surface area (Å²) in [5, 5.41) is 54.5. The predicted molar refractivity (Wildman–Crippen MR) is 153 cm³/mol. The Bertz CT molecular complexity index is 736. The molecule has 2 heterocycles. The zero-order valence-corrected chi connectivity index (χ0v) is 25.1. The molecule has 10 atom stereocenters. The molecule has 9 N–H and O–H groups in total. The van der Waals surface area contributed by atoms with Crippen molar-refractivity contribution >= 4 is 0 Å². The number of hydrogen-bond acceptors (Lipinski definition) is 11. The summed E-state index contributed by atoms with van der Waals surface area (Å²) >= 11 is 0. The molecule has 0 spiro atoms. The Morgan fingerprint density at radius 2 is 1.65 bits per heavy atom. The first-order chi connectivity index (χ1) is 18.8. The van der Waals surface area contributed by atoms with E-state index in [0.717, 1.165) is 0 Å². The van der Waals surface area contributed by atoms with Crippen molar-refractivity contribution in [2.24, 2.45) is 23.3 Å². The van der Waals surface area contributed by atoms with Gasteiger partial charge in [-0.1, -0.05) is 39.8 Å². The summed E-state index contributed by atoms with van der Waals surface area (Å²) in [4.78, 5) is 2.02. The van der Waals surface area contributed by atoms with Crippen LogP contribution >= 0.6 is 0 Å². The van der Waals surface area contributed by atoms with Crippen molar-refractivity contribution in [2.75, 3.05) is 26.2 Å². The van der Waals surface area contributed by atoms with Crippen LogP contribution in [0.15, 0.2) is 12.2 Å². The number of ether oxygens (including phenoxy) is 3. The summed E-state index contributed by atoms with van der Waals surface area (Å²) in [5.74, 6) is -1.49. The van der Waals surface area contributed by atoms with Crippen molar-refractivity contribution in [3.05, 3.63) is 12.2 Å². The quantitative estimate of drug-likeness (QED) is 0.127. The van der Waals surface area contributed by atoms with E-state index >= 15 is 0 Å². The number of aliphatic hydroxyl groups excluding tert-OH is 4. The number of aliphatic hydroxyl groups is 5. The number of nitrogens with two attached hydrogens (primary N) is 2. The summed E-state index contributed by atoms with van der Waals surface area (Å²) in [7, 11) is 0. The molecule has 40 heavy (non-hydrogen) atoms. The molecule has 0 aromatic heterocycles. The van der Waals surface area contributed by atoms with Crippen molar-refractivity contribution < 1.29 is 39.7 Å². The van der Waals surface area contributed by atoms with Crippen LogP contribution in [0.25, 0.3) is 0 Å². The Morgan fingerprint density at radius 3 is 2.20 bits per heavy atom. The Labute approximate surface area is 240 Å². The molecule has 0 aromatic carbocycles. The molecule has 0 aromatic rings. The second-order valence-electron chi connectivity index (χ2n) is 12.3. The minimum absolute atomic E-state index is 0.00540. The van der Waals surface area contributed by atoms with Gasteiger partial charge in [0, 0.05) is 19.3 Å². The van der Waals surface area contributed by atoms with Gasteiger partial charge in [0.1, 0.15) is 6.10 Å². The van der Waals surface area contributed by atoms with Gasteiger partial charge in [-0.05, 0) is 64.2 Å². The van der Waals surface area contributed by atoms with E-state index in [4.69, 9.17) is 25.7 Å². The highest BCUT2D eigenvalue weighted by molar-refractivity contribution is 4.98. The average Bonchev–Trinajstić information content (AvgIpc) is 2.86. The normalized spacial score (nSPS) is 35.2. The first-order valence-corrected chi connectivity index (χ1v) is 15.1. The van der Waals surface area contributed by atoms with Crippen LogP contribution in [0.4, 0.5) is 0 Å². The van der Waals surface area contributed by atoms with Gasteiger partial charge in [-0.25, -0.2) is 0 Å². The number of rotatable bonds is 16. The molecular weight excluding hydrogens is 518 g/mol. The molecule has 2 aliphatic heterocycles. The Balaban J connectivity index is 2.23. The number of allylic oxidation sites excluding steroid dienone is 1. The van der Waals surface area contributed by atoms with E-state index < -0.39 is 60.8 Å². The van der Waals surface area contributed by atoms with E-state index in [0.29, 0.717) is 51.9 Å². The molecule has 0 amide bonds. The summed E-state index contributed by atoms with van der Waals surface area (Å²) < 4.78 is 18.4. The number of nitrogens with zero attached hydrogens (tertiary/aromatic N) is 1. The maximum Gasteiger partial charge on any atom is 0.186 e. The maximum absolute atomic E-state index is 11.4. The molecule has 2 saturated heterocycles. The van der Waals surface area contributed by atoms with Crippen molar-refractivity contribution in [3.8, 4) is 0 Å². The van der Waals surface area contributed by atoms with E-state index in [9.17, 15) is 25.5 Å². The molecule has 0 radical (unpaired) electrons. The second-order valence-corrected chi connectivity index (χ2v) is 12.3. The van der Waals surface area contributed by atoms with Crippen molar-refractivity contribution in [1.82, 2.24) is 4.90 Å². The van der Waals surface area contributed by atoms with E-state index in [-0.39, 0.29) is 24.7 Å². The summed E-state index contributed by atoms with van der Waals surface area (Å²) in [6, 6.07) is -0.628. The van der Waals surface area contributed by atoms with E-state index in [1.807, 2.05) is 44.7 Å². The topological polar surface area (TPSA) is 184 Å². The molecule has 2 aliphatic rings. The zero-order valence-electron chi connectivity index (χ0n) is 25.1. The van der Waals surface area contributed by atoms with Crippen LogP contribution in [0.1, 0.15) is 73.1 Å². The molecule has 11 nitrogen and oxygen atoms in total. The van der Waals surface area contributed by atoms with E-state index in [2.05, 4.69) is 0 Å². The van der Waals surface area contributed by atoms with Gasteiger partial charge >= 0.3 is 0 Å². The number of hydrogen-bond donors (Lipinski definition) is 7. The molecule has 11 heteroatoms. The van der Waals surface area contributed by atoms with Crippen LogP contribution in [0.5, 0.6) is 0 Å². The molecule has 2 rings (SSSR count). The van der Waals surface area contributed by atoms with Crippen LogP contribution in [-0.4, -0.2) is 117 Å². The Kier molecular flexibility index (Phi) is 14.9. The minimum atomic E-state index is -1.66. The molecule has 0 saturated carbocycles. The van der Waals surface area contributed by atoms with Crippen LogP contribution < -0.4 is 11.5 Å². The smallest absolute Gasteiger partial charge is 0.186 e. The van der Waals surface area contributed by atoms with Crippen LogP contribution in [0.3, 0.4) is 0 Å². The lowest BCUT2D eigenvalue weighted by atomic mass is 9.89. The first kappa shape index (κ1) is 35.5. The maximum atomic E-state index is 11.4. The predicted octanol–water partition coefficient (Wildman–Crippen LogP) is 0.444. The zero-order chi connectivity index (χ0) is 30.0. The van der Waals surface area contributed by atoms with Gasteiger partial charge < -0.3 is 51.2 Å². The monoisotopic (exact) mass is 575 g/mol. The molecule has 2 fully saturated rings. The van der Waals surface area contributed by atoms with Gasteiger partial charge in [0.15, 0.2) is 12.1 Å². The van der Waals surface area contributed by atoms with Crippen molar-refractivity contribution in [2.45, 2.75) is 134 Å². The lowest BCUT2D eigenvalue weighted by Gasteiger charge is -2.47.